The first-order chi connectivity index (χ1) is 14.8. The Morgan fingerprint density at radius 3 is 2.35 bits per heavy atom. The quantitative estimate of drug-likeness (QED) is 0.578. The van der Waals surface area contributed by atoms with Gasteiger partial charge in [-0.05, 0) is 60.9 Å². The Hall–Kier alpha value is -2.63. The average molecular weight is 427 g/mol. The van der Waals surface area contributed by atoms with Gasteiger partial charge in [0, 0.05) is 31.1 Å². The van der Waals surface area contributed by atoms with E-state index in [2.05, 4.69) is 17.0 Å². The van der Waals surface area contributed by atoms with Crippen LogP contribution in [0.3, 0.4) is 0 Å². The molecule has 2 atom stereocenters. The average Bonchev–Trinajstić information content (AvgIpc) is 2.76. The van der Waals surface area contributed by atoms with E-state index in [0.717, 1.165) is 24.2 Å². The Morgan fingerprint density at radius 2 is 1.68 bits per heavy atom. The maximum absolute atomic E-state index is 13.4. The first-order valence-electron chi connectivity index (χ1n) is 10.9. The predicted molar refractivity (Wildman–Crippen MR) is 111 cm³/mol. The fraction of sp³-hybridized carbons (Fsp3) is 0.440. The highest BCUT2D eigenvalue weighted by Crippen LogP contribution is 2.52. The molecule has 0 N–H and O–H groups in total. The van der Waals surface area contributed by atoms with Crippen molar-refractivity contribution in [2.45, 2.75) is 56.7 Å². The molecule has 1 aliphatic carbocycles. The van der Waals surface area contributed by atoms with Crippen molar-refractivity contribution in [2.24, 2.45) is 5.41 Å². The van der Waals surface area contributed by atoms with Crippen LogP contribution in [0.25, 0.3) is 0 Å². The van der Waals surface area contributed by atoms with E-state index in [-0.39, 0.29) is 29.9 Å². The summed E-state index contributed by atoms with van der Waals surface area (Å²) in [5.41, 5.74) is 0.429. The van der Waals surface area contributed by atoms with Crippen molar-refractivity contribution in [3.05, 3.63) is 65.2 Å². The van der Waals surface area contributed by atoms with Crippen LogP contribution in [-0.2, 0) is 22.2 Å². The van der Waals surface area contributed by atoms with E-state index in [4.69, 9.17) is 0 Å². The van der Waals surface area contributed by atoms with Gasteiger partial charge in [0.2, 0.25) is 0 Å². The fourth-order valence-corrected chi connectivity index (χ4v) is 5.93. The fourth-order valence-electron chi connectivity index (χ4n) is 5.93. The van der Waals surface area contributed by atoms with Crippen LogP contribution in [0, 0.1) is 5.41 Å². The Balaban J connectivity index is 1.61. The smallest absolute Gasteiger partial charge is 0.367 e. The molecule has 1 spiro atoms. The van der Waals surface area contributed by atoms with Crippen molar-refractivity contribution in [1.82, 2.24) is 0 Å². The SMILES string of the molecule is O=C1CCCC(=O)C12Cc1cc(C(F)(F)F)ccc1N1CCC(c3ccccc3)CC12. The standard InChI is InChI=1S/C25H24F3NO2/c26-25(27,28)19-9-10-20-18(13-19)15-24(22(30)7-4-8-23(24)31)21-14-17(11-12-29(20)21)16-5-2-1-3-6-16/h1-3,5-6,9-10,13,17,21H,4,7-8,11-12,14-15H2. The predicted octanol–water partition coefficient (Wildman–Crippen LogP) is 5.32. The van der Waals surface area contributed by atoms with Crippen LogP contribution in [0.5, 0.6) is 0 Å². The summed E-state index contributed by atoms with van der Waals surface area (Å²) in [7, 11) is 0. The monoisotopic (exact) mass is 427 g/mol. The molecule has 5 rings (SSSR count). The molecule has 0 radical (unpaired) electrons. The molecule has 2 aromatic carbocycles. The molecule has 0 aromatic heterocycles. The zero-order valence-corrected chi connectivity index (χ0v) is 17.1. The van der Waals surface area contributed by atoms with Crippen LogP contribution >= 0.6 is 0 Å². The number of hydrogen-bond donors (Lipinski definition) is 0. The lowest BCUT2D eigenvalue weighted by molar-refractivity contribution is -0.146. The van der Waals surface area contributed by atoms with E-state index in [0.29, 0.717) is 37.8 Å². The van der Waals surface area contributed by atoms with Gasteiger partial charge in [0.1, 0.15) is 17.0 Å². The maximum Gasteiger partial charge on any atom is 0.416 e. The van der Waals surface area contributed by atoms with Gasteiger partial charge in [-0.25, -0.2) is 0 Å². The van der Waals surface area contributed by atoms with Crippen molar-refractivity contribution < 1.29 is 22.8 Å². The second-order valence-corrected chi connectivity index (χ2v) is 9.03. The summed E-state index contributed by atoms with van der Waals surface area (Å²) < 4.78 is 40.1. The number of anilines is 1. The lowest BCUT2D eigenvalue weighted by atomic mass is 9.58. The topological polar surface area (TPSA) is 37.4 Å². The second kappa shape index (κ2) is 7.21. The van der Waals surface area contributed by atoms with E-state index < -0.39 is 17.2 Å². The molecule has 2 aliphatic heterocycles. The van der Waals surface area contributed by atoms with Crippen LogP contribution < -0.4 is 4.90 Å². The van der Waals surface area contributed by atoms with Gasteiger partial charge < -0.3 is 4.90 Å². The molecule has 0 bridgehead atoms. The van der Waals surface area contributed by atoms with Crippen LogP contribution in [0.1, 0.15) is 54.7 Å². The number of carbonyl (C=O) groups excluding carboxylic acids is 2. The van der Waals surface area contributed by atoms with Crippen LogP contribution in [0.4, 0.5) is 18.9 Å². The molecule has 3 nitrogen and oxygen atoms in total. The third kappa shape index (κ3) is 3.19. The van der Waals surface area contributed by atoms with E-state index in [1.807, 2.05) is 18.2 Å². The van der Waals surface area contributed by atoms with Gasteiger partial charge in [-0.1, -0.05) is 30.3 Å². The molecule has 2 heterocycles. The largest absolute Gasteiger partial charge is 0.416 e. The summed E-state index contributed by atoms with van der Waals surface area (Å²) in [4.78, 5) is 28.7. The lowest BCUT2D eigenvalue weighted by Gasteiger charge is -2.54. The van der Waals surface area contributed by atoms with Crippen LogP contribution in [0.15, 0.2) is 48.5 Å². The van der Waals surface area contributed by atoms with Gasteiger partial charge in [-0.3, -0.25) is 9.59 Å². The normalized spacial score (nSPS) is 25.3. The number of hydrogen-bond acceptors (Lipinski definition) is 3. The maximum atomic E-state index is 13.4. The Bertz CT molecular complexity index is 1010. The number of nitrogens with zero attached hydrogens (tertiary/aromatic N) is 1. The molecule has 2 aromatic rings. The van der Waals surface area contributed by atoms with Gasteiger partial charge >= 0.3 is 6.18 Å². The summed E-state index contributed by atoms with van der Waals surface area (Å²) >= 11 is 0. The number of rotatable bonds is 1. The van der Waals surface area contributed by atoms with Crippen molar-refractivity contribution in [1.29, 1.82) is 0 Å². The molecule has 162 valence electrons. The number of Topliss-reactive ketones (excluding diaryl/α,β-unsaturated/α-hetero) is 2. The van der Waals surface area contributed by atoms with Crippen LogP contribution in [0.2, 0.25) is 0 Å². The number of fused-ring (bicyclic) bond motifs is 4. The Kier molecular flexibility index (Phi) is 4.72. The van der Waals surface area contributed by atoms with Crippen molar-refractivity contribution in [3.8, 4) is 0 Å². The molecule has 6 heteroatoms. The summed E-state index contributed by atoms with van der Waals surface area (Å²) in [6.45, 7) is 0.616. The second-order valence-electron chi connectivity index (χ2n) is 9.03. The van der Waals surface area contributed by atoms with Crippen molar-refractivity contribution >= 4 is 17.3 Å². The van der Waals surface area contributed by atoms with Gasteiger partial charge in [0.25, 0.3) is 0 Å². The molecule has 0 amide bonds. The number of halogens is 3. The molecule has 31 heavy (non-hydrogen) atoms. The third-order valence-electron chi connectivity index (χ3n) is 7.43. The molecule has 3 aliphatic rings. The first-order valence-corrected chi connectivity index (χ1v) is 10.9. The number of piperidine rings is 1. The van der Waals surface area contributed by atoms with E-state index in [1.165, 1.54) is 11.6 Å². The van der Waals surface area contributed by atoms with Crippen molar-refractivity contribution in [2.75, 3.05) is 11.4 Å². The van der Waals surface area contributed by atoms with E-state index >= 15 is 0 Å². The highest BCUT2D eigenvalue weighted by molar-refractivity contribution is 6.11. The minimum absolute atomic E-state index is 0.0760. The summed E-state index contributed by atoms with van der Waals surface area (Å²) in [5.74, 6) is 0.0175. The van der Waals surface area contributed by atoms with Crippen LogP contribution in [-0.4, -0.2) is 24.2 Å². The minimum atomic E-state index is -4.46. The van der Waals surface area contributed by atoms with Crippen molar-refractivity contribution in [3.63, 3.8) is 0 Å². The number of carbonyl (C=O) groups is 2. The molecular formula is C25H24F3NO2. The molecule has 1 saturated heterocycles. The van der Waals surface area contributed by atoms with Gasteiger partial charge in [-0.2, -0.15) is 13.2 Å². The van der Waals surface area contributed by atoms with Gasteiger partial charge in [0.15, 0.2) is 0 Å². The number of benzene rings is 2. The summed E-state index contributed by atoms with van der Waals surface area (Å²) in [6, 6.07) is 13.6. The number of ketones is 2. The zero-order chi connectivity index (χ0) is 21.8. The molecular weight excluding hydrogens is 403 g/mol. The third-order valence-corrected chi connectivity index (χ3v) is 7.43. The van der Waals surface area contributed by atoms with Gasteiger partial charge in [0.05, 0.1) is 5.56 Å². The molecule has 2 unspecified atom stereocenters. The zero-order valence-electron chi connectivity index (χ0n) is 17.1. The highest BCUT2D eigenvalue weighted by atomic mass is 19.4. The Morgan fingerprint density at radius 1 is 0.968 bits per heavy atom. The first kappa shape index (κ1) is 20.3. The highest BCUT2D eigenvalue weighted by Gasteiger charge is 2.58. The van der Waals surface area contributed by atoms with Gasteiger partial charge in [-0.15, -0.1) is 0 Å². The summed E-state index contributed by atoms with van der Waals surface area (Å²) in [5, 5.41) is 0. The lowest BCUT2D eigenvalue weighted by Crippen LogP contribution is -2.63. The Labute approximate surface area is 179 Å². The molecule has 2 fully saturated rings. The van der Waals surface area contributed by atoms with E-state index in [9.17, 15) is 22.8 Å². The molecule has 1 saturated carbocycles. The van der Waals surface area contributed by atoms with E-state index in [1.54, 1.807) is 0 Å². The summed E-state index contributed by atoms with van der Waals surface area (Å²) in [6.07, 6.45) is -1.72. The number of alkyl halides is 3. The minimum Gasteiger partial charge on any atom is -0.367 e.